The number of fused-ring (bicyclic) bond motifs is 1. The summed E-state index contributed by atoms with van der Waals surface area (Å²) in [5.41, 5.74) is 2.43. The number of nitrogens with zero attached hydrogens (tertiary/aromatic N) is 3. The smallest absolute Gasteiger partial charge is 0.267 e. The van der Waals surface area contributed by atoms with Gasteiger partial charge in [-0.1, -0.05) is 6.07 Å². The van der Waals surface area contributed by atoms with Crippen LogP contribution in [0.3, 0.4) is 0 Å². The molecule has 0 radical (unpaired) electrons. The minimum absolute atomic E-state index is 0.0370. The third-order valence-corrected chi connectivity index (χ3v) is 7.66. The van der Waals surface area contributed by atoms with E-state index in [4.69, 9.17) is 0 Å². The van der Waals surface area contributed by atoms with Crippen LogP contribution in [-0.2, 0) is 19.3 Å². The van der Waals surface area contributed by atoms with E-state index in [2.05, 4.69) is 10.2 Å². The summed E-state index contributed by atoms with van der Waals surface area (Å²) in [5, 5.41) is 18.9. The largest absolute Gasteiger partial charge is 0.498 e. The molecule has 9 heteroatoms. The van der Waals surface area contributed by atoms with Gasteiger partial charge in [-0.05, 0) is 69.7 Å². The summed E-state index contributed by atoms with van der Waals surface area (Å²) in [6.45, 7) is 6.66. The van der Waals surface area contributed by atoms with Crippen molar-refractivity contribution in [2.75, 3.05) is 26.2 Å². The van der Waals surface area contributed by atoms with Gasteiger partial charge in [-0.3, -0.25) is 14.1 Å². The Morgan fingerprint density at radius 1 is 1.11 bits per heavy atom. The first-order chi connectivity index (χ1) is 16.5. The molecule has 1 aliphatic heterocycles. The Kier molecular flexibility index (Phi) is 6.81. The van der Waals surface area contributed by atoms with Crippen LogP contribution < -0.4 is 10.7 Å². The predicted octanol–water partition coefficient (Wildman–Crippen LogP) is 2.18. The van der Waals surface area contributed by atoms with Crippen LogP contribution in [0.2, 0.25) is 0 Å². The van der Waals surface area contributed by atoms with Crippen molar-refractivity contribution in [3.8, 4) is 0 Å². The van der Waals surface area contributed by atoms with Crippen molar-refractivity contribution in [1.29, 1.82) is 0 Å². The van der Waals surface area contributed by atoms with Gasteiger partial charge in [-0.15, -0.1) is 0 Å². The van der Waals surface area contributed by atoms with E-state index in [1.165, 1.54) is 11.0 Å². The highest BCUT2D eigenvalue weighted by atomic mass is 19.1. The summed E-state index contributed by atoms with van der Waals surface area (Å²) in [5.74, 6) is -1.07. The maximum atomic E-state index is 14.8. The molecule has 2 heterocycles. The number of aromatic amines is 1. The number of amides is 2. The molecule has 1 saturated heterocycles. The van der Waals surface area contributed by atoms with Gasteiger partial charge in [-0.2, -0.15) is 5.10 Å². The quantitative estimate of drug-likeness (QED) is 0.673. The molecule has 4 rings (SSSR count). The number of rotatable bonds is 3. The van der Waals surface area contributed by atoms with Crippen LogP contribution in [0.4, 0.5) is 9.18 Å². The summed E-state index contributed by atoms with van der Waals surface area (Å²) < 4.78 is 14.5. The van der Waals surface area contributed by atoms with Crippen molar-refractivity contribution in [3.05, 3.63) is 62.3 Å². The molecule has 1 fully saturated rings. The Hall–Kier alpha value is -3.07. The molecule has 0 bridgehead atoms. The fraction of sp³-hybridized carbons (Fsp3) is 0.538. The molecule has 0 saturated carbocycles. The van der Waals surface area contributed by atoms with Gasteiger partial charge in [0.05, 0.1) is 29.9 Å². The van der Waals surface area contributed by atoms with Gasteiger partial charge in [0.1, 0.15) is 12.4 Å². The van der Waals surface area contributed by atoms with E-state index in [9.17, 15) is 23.9 Å². The highest BCUT2D eigenvalue weighted by molar-refractivity contribution is 5.94. The van der Waals surface area contributed by atoms with Gasteiger partial charge < -0.3 is 14.8 Å². The summed E-state index contributed by atoms with van der Waals surface area (Å²) in [4.78, 5) is 39.1. The van der Waals surface area contributed by atoms with Crippen molar-refractivity contribution in [2.45, 2.75) is 64.8 Å². The molecule has 1 atom stereocenters. The van der Waals surface area contributed by atoms with Crippen molar-refractivity contribution in [1.82, 2.24) is 15.1 Å². The zero-order valence-corrected chi connectivity index (χ0v) is 20.7. The van der Waals surface area contributed by atoms with Crippen molar-refractivity contribution >= 4 is 12.0 Å². The summed E-state index contributed by atoms with van der Waals surface area (Å²) in [6.07, 6.45) is 3.18. The minimum Gasteiger partial charge on any atom is -0.498 e. The number of benzene rings is 1. The standard InChI is InChI=1S/C26H33FN4O4/c1-26(2,3)31(25(34)35)13-6-11-30(12-14-31)24(33)20-15-17(9-10-21(20)27)16-22-18-7-4-5-8-19(18)23(32)29-28-22/h9-10,15H,4-8,11-14,16H2,1-3H3,(H-,29,32,34,35). The second kappa shape index (κ2) is 9.53. The topological polar surface area (TPSA) is 106 Å². The average Bonchev–Trinajstić information content (AvgIpc) is 3.06. The molecule has 0 spiro atoms. The predicted molar refractivity (Wildman–Crippen MR) is 126 cm³/mol. The number of H-pyrrole nitrogens is 1. The maximum Gasteiger partial charge on any atom is 0.267 e. The Morgan fingerprint density at radius 3 is 2.51 bits per heavy atom. The second-order valence-electron chi connectivity index (χ2n) is 10.7. The molecule has 1 unspecified atom stereocenters. The van der Waals surface area contributed by atoms with Crippen LogP contribution in [0.15, 0.2) is 23.0 Å². The normalized spacial score (nSPS) is 20.7. The summed E-state index contributed by atoms with van der Waals surface area (Å²) in [7, 11) is 0. The molecule has 2 aliphatic rings. The number of halogens is 1. The summed E-state index contributed by atoms with van der Waals surface area (Å²) >= 11 is 0. The minimum atomic E-state index is -1.16. The van der Waals surface area contributed by atoms with E-state index >= 15 is 0 Å². The molecular formula is C26H33FN4O4. The molecule has 2 aromatic rings. The first-order valence-electron chi connectivity index (χ1n) is 12.3. The van der Waals surface area contributed by atoms with E-state index in [0.29, 0.717) is 25.9 Å². The molecule has 188 valence electrons. The maximum absolute atomic E-state index is 14.8. The Balaban J connectivity index is 1.57. The lowest BCUT2D eigenvalue weighted by Crippen LogP contribution is -2.68. The van der Waals surface area contributed by atoms with E-state index in [1.807, 2.05) is 20.8 Å². The molecule has 1 aliphatic carbocycles. The molecule has 2 amide bonds. The van der Waals surface area contributed by atoms with Crippen LogP contribution in [0, 0.1) is 5.82 Å². The first kappa shape index (κ1) is 25.0. The van der Waals surface area contributed by atoms with Gasteiger partial charge in [0.25, 0.3) is 17.6 Å². The van der Waals surface area contributed by atoms with Crippen molar-refractivity contribution in [2.24, 2.45) is 0 Å². The van der Waals surface area contributed by atoms with Crippen LogP contribution >= 0.6 is 0 Å². The van der Waals surface area contributed by atoms with Crippen molar-refractivity contribution in [3.63, 3.8) is 0 Å². The number of hydrogen-bond donors (Lipinski definition) is 1. The lowest BCUT2D eigenvalue weighted by atomic mass is 9.90. The fourth-order valence-corrected chi connectivity index (χ4v) is 5.46. The van der Waals surface area contributed by atoms with E-state index in [1.54, 1.807) is 12.1 Å². The van der Waals surface area contributed by atoms with Gasteiger partial charge in [0, 0.05) is 24.9 Å². The first-order valence-corrected chi connectivity index (χ1v) is 12.3. The van der Waals surface area contributed by atoms with Gasteiger partial charge in [0.15, 0.2) is 0 Å². The van der Waals surface area contributed by atoms with Crippen LogP contribution in [0.25, 0.3) is 0 Å². The molecular weight excluding hydrogens is 451 g/mol. The molecule has 1 N–H and O–H groups in total. The van der Waals surface area contributed by atoms with Gasteiger partial charge in [-0.25, -0.2) is 9.49 Å². The molecule has 8 nitrogen and oxygen atoms in total. The molecule has 1 aromatic carbocycles. The van der Waals surface area contributed by atoms with Crippen LogP contribution in [-0.4, -0.2) is 63.3 Å². The number of aromatic nitrogens is 2. The third-order valence-electron chi connectivity index (χ3n) is 7.66. The second-order valence-corrected chi connectivity index (χ2v) is 10.7. The highest BCUT2D eigenvalue weighted by Gasteiger charge is 2.44. The highest BCUT2D eigenvalue weighted by Crippen LogP contribution is 2.28. The van der Waals surface area contributed by atoms with Crippen LogP contribution in [0.1, 0.15) is 72.8 Å². The zero-order chi connectivity index (χ0) is 25.4. The van der Waals surface area contributed by atoms with Crippen LogP contribution in [0.5, 0.6) is 0 Å². The third kappa shape index (κ3) is 4.74. The Bertz CT molecular complexity index is 1200. The Labute approximate surface area is 204 Å². The fourth-order valence-electron chi connectivity index (χ4n) is 5.46. The molecule has 35 heavy (non-hydrogen) atoms. The number of hydrogen-bond acceptors (Lipinski definition) is 5. The monoisotopic (exact) mass is 484 g/mol. The van der Waals surface area contributed by atoms with Gasteiger partial charge in [0.2, 0.25) is 0 Å². The summed E-state index contributed by atoms with van der Waals surface area (Å²) in [6, 6.07) is 4.47. The zero-order valence-electron chi connectivity index (χ0n) is 20.7. The number of quaternary nitrogens is 1. The lowest BCUT2D eigenvalue weighted by Gasteiger charge is -2.47. The lowest BCUT2D eigenvalue weighted by molar-refractivity contribution is -0.917. The van der Waals surface area contributed by atoms with Crippen molar-refractivity contribution < 1.29 is 23.6 Å². The molecule has 1 aromatic heterocycles. The van der Waals surface area contributed by atoms with E-state index in [-0.39, 0.29) is 28.7 Å². The number of carboxylic acid groups (broad SMARTS) is 1. The Morgan fingerprint density at radius 2 is 1.83 bits per heavy atom. The number of carbonyl (C=O) groups excluding carboxylic acids is 2. The van der Waals surface area contributed by atoms with E-state index < -0.39 is 23.4 Å². The number of carbonyl (C=O) groups is 2. The average molecular weight is 485 g/mol. The van der Waals surface area contributed by atoms with Gasteiger partial charge >= 0.3 is 0 Å². The van der Waals surface area contributed by atoms with E-state index in [0.717, 1.165) is 48.1 Å². The SMILES string of the molecule is CC(C)(C)[N+]1(C(=O)[O-])CCCN(C(=O)c2cc(Cc3n[nH]c(=O)c4c3CCCC4)ccc2F)CC1. The number of nitrogens with one attached hydrogen (secondary N) is 1.